The summed E-state index contributed by atoms with van der Waals surface area (Å²) in [5.41, 5.74) is 24.2. The van der Waals surface area contributed by atoms with Gasteiger partial charge in [-0.25, -0.2) is 0 Å². The van der Waals surface area contributed by atoms with Crippen molar-refractivity contribution in [3.63, 3.8) is 0 Å². The molecule has 7 aromatic rings. The topological polar surface area (TPSA) is 0 Å². The number of rotatable bonds is 8. The summed E-state index contributed by atoms with van der Waals surface area (Å²) in [5.74, 6) is 1.28. The molecule has 2 saturated carbocycles. The molecule has 2 aliphatic rings. The third-order valence-electron chi connectivity index (χ3n) is 12.7. The maximum atomic E-state index is 2.55. The monoisotopic (exact) mass is 698 g/mol. The first-order valence-corrected chi connectivity index (χ1v) is 20.1. The van der Waals surface area contributed by atoms with Crippen molar-refractivity contribution in [2.75, 3.05) is 0 Å². The minimum absolute atomic E-state index is 0.627. The zero-order valence-corrected chi connectivity index (χ0v) is 32.3. The molecule has 0 N–H and O–H groups in total. The molecule has 7 aromatic carbocycles. The van der Waals surface area contributed by atoms with E-state index in [0.717, 1.165) is 0 Å². The van der Waals surface area contributed by atoms with E-state index in [2.05, 4.69) is 173 Å². The first kappa shape index (κ1) is 34.3. The van der Waals surface area contributed by atoms with Crippen molar-refractivity contribution in [2.45, 2.75) is 78.1 Å². The fourth-order valence-electron chi connectivity index (χ4n) is 8.97. The maximum absolute atomic E-state index is 2.55. The lowest BCUT2D eigenvalue weighted by atomic mass is 9.74. The molecule has 0 nitrogen and oxygen atoms in total. The summed E-state index contributed by atoms with van der Waals surface area (Å²) in [7, 11) is 0. The van der Waals surface area contributed by atoms with E-state index < -0.39 is 0 Å². The molecule has 266 valence electrons. The molecule has 0 heterocycles. The fraction of sp³-hybridized carbons (Fsp3) is 0.222. The molecule has 0 saturated heterocycles. The summed E-state index contributed by atoms with van der Waals surface area (Å²) in [6.45, 7) is 9.13. The second kappa shape index (κ2) is 14.4. The Morgan fingerprint density at radius 3 is 1.04 bits per heavy atom. The summed E-state index contributed by atoms with van der Waals surface area (Å²) < 4.78 is 0. The van der Waals surface area contributed by atoms with Crippen LogP contribution in [0.25, 0.3) is 66.8 Å². The largest absolute Gasteiger partial charge is 0.0622 e. The maximum Gasteiger partial charge on any atom is -0.0140 e. The number of aryl methyl sites for hydroxylation is 4. The standard InChI is InChI=1S/C54H50/c1-35-21-23-43(39-13-7-5-8-14-39)30-49(35)50-31-45(24-22-36(50)2)46-26-28-48(42-19-12-20-42)54(33-46)52-34-51(37(3)29-38(52)4)53-32-44(40-15-9-6-10-16-40)25-27-47(53)41-17-11-18-41/h5-10,13-16,21-34,41-42H,11-12,17-20H2,1-4H3. The number of hydrogen-bond acceptors (Lipinski definition) is 0. The van der Waals surface area contributed by atoms with E-state index in [9.17, 15) is 0 Å². The summed E-state index contributed by atoms with van der Waals surface area (Å²) in [4.78, 5) is 0. The highest BCUT2D eigenvalue weighted by Crippen LogP contribution is 2.47. The van der Waals surface area contributed by atoms with Crippen LogP contribution in [0, 0.1) is 27.7 Å². The Bertz CT molecular complexity index is 2470. The van der Waals surface area contributed by atoms with Crippen LogP contribution in [0.4, 0.5) is 0 Å². The van der Waals surface area contributed by atoms with E-state index in [1.54, 1.807) is 0 Å². The third kappa shape index (κ3) is 6.43. The molecule has 0 heteroatoms. The Morgan fingerprint density at radius 2 is 0.648 bits per heavy atom. The van der Waals surface area contributed by atoms with E-state index in [1.165, 1.54) is 139 Å². The van der Waals surface area contributed by atoms with Gasteiger partial charge in [0.15, 0.2) is 0 Å². The van der Waals surface area contributed by atoms with Crippen molar-refractivity contribution in [3.8, 4) is 66.8 Å². The van der Waals surface area contributed by atoms with Gasteiger partial charge in [0.1, 0.15) is 0 Å². The van der Waals surface area contributed by atoms with Crippen LogP contribution in [0.2, 0.25) is 0 Å². The average molecular weight is 699 g/mol. The first-order valence-electron chi connectivity index (χ1n) is 20.1. The van der Waals surface area contributed by atoms with Gasteiger partial charge in [0.05, 0.1) is 0 Å². The van der Waals surface area contributed by atoms with Gasteiger partial charge < -0.3 is 0 Å². The summed E-state index contributed by atoms with van der Waals surface area (Å²) >= 11 is 0. The molecular formula is C54H50. The van der Waals surface area contributed by atoms with E-state index >= 15 is 0 Å². The molecule has 2 aliphatic carbocycles. The van der Waals surface area contributed by atoms with Gasteiger partial charge in [-0.1, -0.05) is 128 Å². The molecule has 9 rings (SSSR count). The quantitative estimate of drug-likeness (QED) is 0.148. The molecule has 0 bridgehead atoms. The molecule has 0 aliphatic heterocycles. The Morgan fingerprint density at radius 1 is 0.296 bits per heavy atom. The summed E-state index contributed by atoms with van der Waals surface area (Å²) in [5, 5.41) is 0. The minimum Gasteiger partial charge on any atom is -0.0622 e. The van der Waals surface area contributed by atoms with Gasteiger partial charge in [-0.3, -0.25) is 0 Å². The third-order valence-corrected chi connectivity index (χ3v) is 12.7. The lowest BCUT2D eigenvalue weighted by Gasteiger charge is -2.30. The van der Waals surface area contributed by atoms with Gasteiger partial charge in [-0.15, -0.1) is 0 Å². The Kier molecular flexibility index (Phi) is 9.16. The second-order valence-corrected chi connectivity index (χ2v) is 16.1. The van der Waals surface area contributed by atoms with Crippen molar-refractivity contribution in [3.05, 3.63) is 179 Å². The molecule has 0 unspecified atom stereocenters. The molecular weight excluding hydrogens is 649 g/mol. The normalized spacial score (nSPS) is 14.4. The smallest absolute Gasteiger partial charge is 0.0140 e. The van der Waals surface area contributed by atoms with Crippen LogP contribution in [-0.4, -0.2) is 0 Å². The van der Waals surface area contributed by atoms with Crippen molar-refractivity contribution < 1.29 is 0 Å². The van der Waals surface area contributed by atoms with Crippen molar-refractivity contribution >= 4 is 0 Å². The number of benzene rings is 7. The Balaban J connectivity index is 1.17. The highest BCUT2D eigenvalue weighted by atomic mass is 14.3. The van der Waals surface area contributed by atoms with E-state index in [1.807, 2.05) is 0 Å². The average Bonchev–Trinajstić information content (AvgIpc) is 3.15. The van der Waals surface area contributed by atoms with Crippen LogP contribution in [0.3, 0.4) is 0 Å². The van der Waals surface area contributed by atoms with Crippen LogP contribution in [-0.2, 0) is 0 Å². The van der Waals surface area contributed by atoms with Crippen molar-refractivity contribution in [2.24, 2.45) is 0 Å². The van der Waals surface area contributed by atoms with Crippen LogP contribution in [0.5, 0.6) is 0 Å². The Hall–Kier alpha value is -5.46. The number of hydrogen-bond donors (Lipinski definition) is 0. The van der Waals surface area contributed by atoms with Gasteiger partial charge in [0.2, 0.25) is 0 Å². The van der Waals surface area contributed by atoms with Crippen LogP contribution in [0.1, 0.15) is 83.7 Å². The van der Waals surface area contributed by atoms with Crippen molar-refractivity contribution in [1.29, 1.82) is 0 Å². The molecule has 0 amide bonds. The molecule has 54 heavy (non-hydrogen) atoms. The highest BCUT2D eigenvalue weighted by molar-refractivity contribution is 5.86. The highest BCUT2D eigenvalue weighted by Gasteiger charge is 2.26. The second-order valence-electron chi connectivity index (χ2n) is 16.1. The SMILES string of the molecule is Cc1ccc(-c2ccccc2)cc1-c1cc(-c2ccc(C3CCC3)c(-c3cc(-c4cc(-c5ccccc5)ccc4C4CCC4)c(C)cc3C)c2)ccc1C. The minimum atomic E-state index is 0.627. The van der Waals surface area contributed by atoms with Crippen LogP contribution in [0.15, 0.2) is 146 Å². The lowest BCUT2D eigenvalue weighted by Crippen LogP contribution is -2.11. The molecule has 0 spiro atoms. The van der Waals surface area contributed by atoms with Gasteiger partial charge >= 0.3 is 0 Å². The van der Waals surface area contributed by atoms with E-state index in [4.69, 9.17) is 0 Å². The molecule has 2 fully saturated rings. The Labute approximate surface area is 322 Å². The van der Waals surface area contributed by atoms with Gasteiger partial charge in [0.25, 0.3) is 0 Å². The first-order chi connectivity index (χ1) is 26.4. The van der Waals surface area contributed by atoms with Gasteiger partial charge in [-0.2, -0.15) is 0 Å². The predicted molar refractivity (Wildman–Crippen MR) is 231 cm³/mol. The zero-order chi connectivity index (χ0) is 36.8. The fourth-order valence-corrected chi connectivity index (χ4v) is 8.97. The van der Waals surface area contributed by atoms with E-state index in [0.29, 0.717) is 11.8 Å². The van der Waals surface area contributed by atoms with Gasteiger partial charge in [0, 0.05) is 0 Å². The summed E-state index contributed by atoms with van der Waals surface area (Å²) in [6.07, 6.45) is 7.79. The van der Waals surface area contributed by atoms with Crippen molar-refractivity contribution in [1.82, 2.24) is 0 Å². The molecule has 0 atom stereocenters. The van der Waals surface area contributed by atoms with Gasteiger partial charge in [-0.05, 0) is 196 Å². The lowest BCUT2D eigenvalue weighted by molar-refractivity contribution is 0.420. The zero-order valence-electron chi connectivity index (χ0n) is 32.3. The molecule has 0 aromatic heterocycles. The van der Waals surface area contributed by atoms with Crippen LogP contribution >= 0.6 is 0 Å². The molecule has 0 radical (unpaired) electrons. The summed E-state index contributed by atoms with van der Waals surface area (Å²) in [6, 6.07) is 55.3. The van der Waals surface area contributed by atoms with Crippen LogP contribution < -0.4 is 0 Å². The van der Waals surface area contributed by atoms with E-state index in [-0.39, 0.29) is 0 Å². The predicted octanol–water partition coefficient (Wildman–Crippen LogP) is 15.5.